The SMILES string of the molecule is COc1ccc(Br)c(C2CCCN2)c1. The minimum absolute atomic E-state index is 0.486. The van der Waals surface area contributed by atoms with E-state index in [0.29, 0.717) is 6.04 Å². The van der Waals surface area contributed by atoms with E-state index in [9.17, 15) is 0 Å². The van der Waals surface area contributed by atoms with Crippen molar-refractivity contribution >= 4 is 15.9 Å². The molecule has 0 amide bonds. The predicted octanol–water partition coefficient (Wildman–Crippen LogP) is 2.88. The van der Waals surface area contributed by atoms with Gasteiger partial charge in [0.2, 0.25) is 0 Å². The minimum Gasteiger partial charge on any atom is -0.497 e. The Morgan fingerprint density at radius 1 is 1.50 bits per heavy atom. The topological polar surface area (TPSA) is 21.3 Å². The number of nitrogens with one attached hydrogen (secondary N) is 1. The van der Waals surface area contributed by atoms with Crippen molar-refractivity contribution < 1.29 is 4.74 Å². The maximum atomic E-state index is 5.22. The lowest BCUT2D eigenvalue weighted by Crippen LogP contribution is -2.13. The number of hydrogen-bond donors (Lipinski definition) is 1. The van der Waals surface area contributed by atoms with Gasteiger partial charge in [0.1, 0.15) is 5.75 Å². The van der Waals surface area contributed by atoms with E-state index in [1.54, 1.807) is 7.11 Å². The Labute approximate surface area is 92.8 Å². The molecule has 0 aliphatic carbocycles. The Morgan fingerprint density at radius 2 is 2.36 bits per heavy atom. The zero-order valence-electron chi connectivity index (χ0n) is 8.22. The number of methoxy groups -OCH3 is 1. The highest BCUT2D eigenvalue weighted by Gasteiger charge is 2.18. The van der Waals surface area contributed by atoms with Gasteiger partial charge in [-0.1, -0.05) is 15.9 Å². The van der Waals surface area contributed by atoms with Crippen LogP contribution in [-0.2, 0) is 0 Å². The molecule has 1 saturated heterocycles. The maximum absolute atomic E-state index is 5.22. The Kier molecular flexibility index (Phi) is 3.08. The average molecular weight is 256 g/mol. The van der Waals surface area contributed by atoms with Gasteiger partial charge >= 0.3 is 0 Å². The normalized spacial score (nSPS) is 21.1. The summed E-state index contributed by atoms with van der Waals surface area (Å²) in [5, 5.41) is 3.48. The fourth-order valence-electron chi connectivity index (χ4n) is 1.87. The van der Waals surface area contributed by atoms with Gasteiger partial charge < -0.3 is 10.1 Å². The molecule has 1 aliphatic heterocycles. The van der Waals surface area contributed by atoms with Crippen LogP contribution in [0.3, 0.4) is 0 Å². The van der Waals surface area contributed by atoms with E-state index in [0.717, 1.165) is 16.8 Å². The maximum Gasteiger partial charge on any atom is 0.119 e. The van der Waals surface area contributed by atoms with Crippen molar-refractivity contribution in [3.8, 4) is 5.75 Å². The fourth-order valence-corrected chi connectivity index (χ4v) is 2.39. The van der Waals surface area contributed by atoms with Crippen LogP contribution in [0.5, 0.6) is 5.75 Å². The van der Waals surface area contributed by atoms with E-state index in [1.165, 1.54) is 18.4 Å². The summed E-state index contributed by atoms with van der Waals surface area (Å²) in [7, 11) is 1.70. The van der Waals surface area contributed by atoms with E-state index in [2.05, 4.69) is 27.3 Å². The number of halogens is 1. The van der Waals surface area contributed by atoms with Crippen LogP contribution < -0.4 is 10.1 Å². The molecule has 1 fully saturated rings. The highest BCUT2D eigenvalue weighted by atomic mass is 79.9. The highest BCUT2D eigenvalue weighted by Crippen LogP contribution is 2.32. The van der Waals surface area contributed by atoms with Crippen LogP contribution >= 0.6 is 15.9 Å². The smallest absolute Gasteiger partial charge is 0.119 e. The van der Waals surface area contributed by atoms with Crippen molar-refractivity contribution in [3.05, 3.63) is 28.2 Å². The van der Waals surface area contributed by atoms with Crippen molar-refractivity contribution in [2.75, 3.05) is 13.7 Å². The van der Waals surface area contributed by atoms with Crippen molar-refractivity contribution in [2.24, 2.45) is 0 Å². The van der Waals surface area contributed by atoms with Gasteiger partial charge in [-0.3, -0.25) is 0 Å². The summed E-state index contributed by atoms with van der Waals surface area (Å²) in [4.78, 5) is 0. The van der Waals surface area contributed by atoms with Crippen LogP contribution in [-0.4, -0.2) is 13.7 Å². The van der Waals surface area contributed by atoms with Gasteiger partial charge in [-0.05, 0) is 43.1 Å². The first kappa shape index (κ1) is 9.99. The van der Waals surface area contributed by atoms with E-state index >= 15 is 0 Å². The molecule has 0 spiro atoms. The zero-order valence-corrected chi connectivity index (χ0v) is 9.80. The van der Waals surface area contributed by atoms with E-state index < -0.39 is 0 Å². The van der Waals surface area contributed by atoms with Gasteiger partial charge in [0.05, 0.1) is 7.11 Å². The molecule has 1 N–H and O–H groups in total. The minimum atomic E-state index is 0.486. The Bertz CT molecular complexity index is 321. The van der Waals surface area contributed by atoms with E-state index in [1.807, 2.05) is 12.1 Å². The summed E-state index contributed by atoms with van der Waals surface area (Å²) in [5.74, 6) is 0.928. The molecule has 2 rings (SSSR count). The van der Waals surface area contributed by atoms with E-state index in [-0.39, 0.29) is 0 Å². The quantitative estimate of drug-likeness (QED) is 0.878. The molecule has 1 aromatic carbocycles. The van der Waals surface area contributed by atoms with Gasteiger partial charge in [-0.25, -0.2) is 0 Å². The molecule has 0 radical (unpaired) electrons. The lowest BCUT2D eigenvalue weighted by Gasteiger charge is -2.13. The monoisotopic (exact) mass is 255 g/mol. The van der Waals surface area contributed by atoms with Crippen LogP contribution in [0.2, 0.25) is 0 Å². The Hall–Kier alpha value is -0.540. The van der Waals surface area contributed by atoms with Crippen molar-refractivity contribution in [3.63, 3.8) is 0 Å². The Balaban J connectivity index is 2.29. The number of rotatable bonds is 2. The van der Waals surface area contributed by atoms with Crippen LogP contribution in [0.1, 0.15) is 24.4 Å². The summed E-state index contributed by atoms with van der Waals surface area (Å²) >= 11 is 3.57. The van der Waals surface area contributed by atoms with E-state index in [4.69, 9.17) is 4.74 Å². The molecule has 0 aromatic heterocycles. The third-order valence-electron chi connectivity index (χ3n) is 2.64. The van der Waals surface area contributed by atoms with Crippen LogP contribution in [0.15, 0.2) is 22.7 Å². The first-order valence-corrected chi connectivity index (χ1v) is 5.67. The first-order valence-electron chi connectivity index (χ1n) is 4.88. The van der Waals surface area contributed by atoms with Crippen molar-refractivity contribution in [2.45, 2.75) is 18.9 Å². The summed E-state index contributed by atoms with van der Waals surface area (Å²) in [6, 6.07) is 6.61. The largest absolute Gasteiger partial charge is 0.497 e. The lowest BCUT2D eigenvalue weighted by atomic mass is 10.1. The van der Waals surface area contributed by atoms with Crippen LogP contribution in [0.4, 0.5) is 0 Å². The Morgan fingerprint density at radius 3 is 3.00 bits per heavy atom. The molecule has 1 atom stereocenters. The molecule has 0 saturated carbocycles. The highest BCUT2D eigenvalue weighted by molar-refractivity contribution is 9.10. The summed E-state index contributed by atoms with van der Waals surface area (Å²) in [5.41, 5.74) is 1.31. The molecule has 1 aromatic rings. The third-order valence-corrected chi connectivity index (χ3v) is 3.36. The molecule has 1 unspecified atom stereocenters. The summed E-state index contributed by atoms with van der Waals surface area (Å²) in [6.07, 6.45) is 2.47. The van der Waals surface area contributed by atoms with Crippen molar-refractivity contribution in [1.82, 2.24) is 5.32 Å². The first-order chi connectivity index (χ1) is 6.81. The molecule has 1 heterocycles. The molecule has 1 aliphatic rings. The molecule has 14 heavy (non-hydrogen) atoms. The zero-order chi connectivity index (χ0) is 9.97. The van der Waals surface area contributed by atoms with Crippen molar-refractivity contribution in [1.29, 1.82) is 0 Å². The van der Waals surface area contributed by atoms with Gasteiger partial charge in [-0.15, -0.1) is 0 Å². The number of ether oxygens (including phenoxy) is 1. The number of benzene rings is 1. The van der Waals surface area contributed by atoms with Gasteiger partial charge in [0, 0.05) is 10.5 Å². The third kappa shape index (κ3) is 1.93. The lowest BCUT2D eigenvalue weighted by molar-refractivity contribution is 0.413. The molecular weight excluding hydrogens is 242 g/mol. The van der Waals surface area contributed by atoms with Crippen LogP contribution in [0, 0.1) is 0 Å². The number of hydrogen-bond acceptors (Lipinski definition) is 2. The predicted molar refractivity (Wildman–Crippen MR) is 60.7 cm³/mol. The standard InChI is InChI=1S/C11H14BrNO/c1-14-8-4-5-10(12)9(7-8)11-3-2-6-13-11/h4-5,7,11,13H,2-3,6H2,1H3. The molecule has 3 heteroatoms. The van der Waals surface area contributed by atoms with Gasteiger partial charge in [0.15, 0.2) is 0 Å². The average Bonchev–Trinajstić information content (AvgIpc) is 2.71. The molecule has 76 valence electrons. The fraction of sp³-hybridized carbons (Fsp3) is 0.455. The summed E-state index contributed by atoms with van der Waals surface area (Å²) in [6.45, 7) is 1.12. The van der Waals surface area contributed by atoms with Gasteiger partial charge in [0.25, 0.3) is 0 Å². The second-order valence-corrected chi connectivity index (χ2v) is 4.39. The summed E-state index contributed by atoms with van der Waals surface area (Å²) < 4.78 is 6.39. The second kappa shape index (κ2) is 4.32. The molecule has 2 nitrogen and oxygen atoms in total. The van der Waals surface area contributed by atoms with Crippen LogP contribution in [0.25, 0.3) is 0 Å². The molecule has 0 bridgehead atoms. The van der Waals surface area contributed by atoms with Gasteiger partial charge in [-0.2, -0.15) is 0 Å². The second-order valence-electron chi connectivity index (χ2n) is 3.54. The molecular formula is C11H14BrNO.